The molecule has 0 saturated heterocycles. The normalized spacial score (nSPS) is 10.7. The third kappa shape index (κ3) is 5.55. The molecule has 4 nitrogen and oxygen atoms in total. The van der Waals surface area contributed by atoms with Gasteiger partial charge in [0.1, 0.15) is 5.75 Å². The smallest absolute Gasteiger partial charge is 0.256 e. The number of carbonyl (C=O) groups excluding carboxylic acids is 1. The lowest BCUT2D eigenvalue weighted by atomic mass is 9.97. The average Bonchev–Trinajstić information content (AvgIpc) is 3.20. The van der Waals surface area contributed by atoms with Crippen LogP contribution in [-0.2, 0) is 6.42 Å². The summed E-state index contributed by atoms with van der Waals surface area (Å²) in [4.78, 5) is 17.5. The first-order valence-electron chi connectivity index (χ1n) is 10.3. The molecule has 1 amide bonds. The zero-order valence-corrected chi connectivity index (χ0v) is 19.5. The SMILES string of the molecule is Cc1ccc(-c2ccc(Cl)cc2)c(C(=O)Nc2ccc(OCCc3csc(C)n3)cc2)c1. The molecular formula is C26H23ClN2O2S. The van der Waals surface area contributed by atoms with Gasteiger partial charge in [-0.05, 0) is 67.4 Å². The minimum Gasteiger partial charge on any atom is -0.493 e. The van der Waals surface area contributed by atoms with E-state index in [0.29, 0.717) is 22.9 Å². The van der Waals surface area contributed by atoms with Gasteiger partial charge in [-0.1, -0.05) is 41.4 Å². The van der Waals surface area contributed by atoms with Gasteiger partial charge in [-0.2, -0.15) is 0 Å². The lowest BCUT2D eigenvalue weighted by Gasteiger charge is -2.12. The topological polar surface area (TPSA) is 51.2 Å². The number of thiazole rings is 1. The Bertz CT molecular complexity index is 1220. The molecule has 0 spiro atoms. The third-order valence-electron chi connectivity index (χ3n) is 4.98. The molecule has 0 unspecified atom stereocenters. The van der Waals surface area contributed by atoms with Crippen molar-refractivity contribution >= 4 is 34.5 Å². The van der Waals surface area contributed by atoms with Gasteiger partial charge in [-0.15, -0.1) is 11.3 Å². The number of aromatic nitrogens is 1. The zero-order chi connectivity index (χ0) is 22.5. The number of anilines is 1. The van der Waals surface area contributed by atoms with Crippen LogP contribution in [0.15, 0.2) is 72.1 Å². The summed E-state index contributed by atoms with van der Waals surface area (Å²) in [5.41, 5.74) is 5.20. The van der Waals surface area contributed by atoms with E-state index in [-0.39, 0.29) is 5.91 Å². The van der Waals surface area contributed by atoms with Crippen LogP contribution in [0.3, 0.4) is 0 Å². The fourth-order valence-corrected chi connectivity index (χ4v) is 4.13. The van der Waals surface area contributed by atoms with Crippen molar-refractivity contribution in [1.82, 2.24) is 4.98 Å². The Hall–Kier alpha value is -3.15. The van der Waals surface area contributed by atoms with Crippen molar-refractivity contribution in [2.45, 2.75) is 20.3 Å². The second kappa shape index (κ2) is 9.98. The van der Waals surface area contributed by atoms with E-state index in [1.54, 1.807) is 11.3 Å². The van der Waals surface area contributed by atoms with Crippen LogP contribution in [-0.4, -0.2) is 17.5 Å². The highest BCUT2D eigenvalue weighted by molar-refractivity contribution is 7.09. The van der Waals surface area contributed by atoms with E-state index >= 15 is 0 Å². The van der Waals surface area contributed by atoms with E-state index < -0.39 is 0 Å². The number of halogens is 1. The van der Waals surface area contributed by atoms with Crippen LogP contribution in [0, 0.1) is 13.8 Å². The van der Waals surface area contributed by atoms with Gasteiger partial charge >= 0.3 is 0 Å². The van der Waals surface area contributed by atoms with Crippen LogP contribution in [0.1, 0.15) is 26.6 Å². The Labute approximate surface area is 196 Å². The number of ether oxygens (including phenoxy) is 1. The standard InChI is InChI=1S/C26H23ClN2O2S/c1-17-3-12-24(19-4-6-20(27)7-5-19)25(15-17)26(30)29-21-8-10-23(11-9-21)31-14-13-22-16-32-18(2)28-22/h3-12,15-16H,13-14H2,1-2H3,(H,29,30). The minimum atomic E-state index is -0.161. The van der Waals surface area contributed by atoms with E-state index in [4.69, 9.17) is 16.3 Å². The van der Waals surface area contributed by atoms with E-state index in [1.807, 2.05) is 80.6 Å². The van der Waals surface area contributed by atoms with E-state index in [0.717, 1.165) is 39.6 Å². The van der Waals surface area contributed by atoms with Crippen molar-refractivity contribution < 1.29 is 9.53 Å². The lowest BCUT2D eigenvalue weighted by molar-refractivity contribution is 0.102. The monoisotopic (exact) mass is 462 g/mol. The Morgan fingerprint density at radius 2 is 1.78 bits per heavy atom. The van der Waals surface area contributed by atoms with Crippen molar-refractivity contribution in [3.63, 3.8) is 0 Å². The molecule has 4 aromatic rings. The number of nitrogens with one attached hydrogen (secondary N) is 1. The molecule has 0 aliphatic rings. The first-order valence-corrected chi connectivity index (χ1v) is 11.6. The van der Waals surface area contributed by atoms with Gasteiger partial charge in [0.25, 0.3) is 5.91 Å². The fraction of sp³-hybridized carbons (Fsp3) is 0.154. The highest BCUT2D eigenvalue weighted by Crippen LogP contribution is 2.27. The van der Waals surface area contributed by atoms with Crippen molar-refractivity contribution in [3.05, 3.63) is 99.0 Å². The second-order valence-corrected chi connectivity index (χ2v) is 8.99. The molecule has 0 aliphatic carbocycles. The maximum atomic E-state index is 13.1. The van der Waals surface area contributed by atoms with Gasteiger partial charge in [-0.25, -0.2) is 4.98 Å². The number of aryl methyl sites for hydroxylation is 2. The Kier molecular flexibility index (Phi) is 6.88. The van der Waals surface area contributed by atoms with Crippen LogP contribution in [0.4, 0.5) is 5.69 Å². The molecule has 0 fully saturated rings. The predicted molar refractivity (Wildman–Crippen MR) is 132 cm³/mol. The summed E-state index contributed by atoms with van der Waals surface area (Å²) in [5.74, 6) is 0.596. The molecule has 32 heavy (non-hydrogen) atoms. The highest BCUT2D eigenvalue weighted by Gasteiger charge is 2.14. The van der Waals surface area contributed by atoms with Crippen LogP contribution in [0.2, 0.25) is 5.02 Å². The average molecular weight is 463 g/mol. The third-order valence-corrected chi connectivity index (χ3v) is 6.05. The van der Waals surface area contributed by atoms with Crippen LogP contribution in [0.25, 0.3) is 11.1 Å². The van der Waals surface area contributed by atoms with Crippen molar-refractivity contribution in [2.75, 3.05) is 11.9 Å². The summed E-state index contributed by atoms with van der Waals surface area (Å²) >= 11 is 7.66. The van der Waals surface area contributed by atoms with Gasteiger partial charge in [0.15, 0.2) is 0 Å². The summed E-state index contributed by atoms with van der Waals surface area (Å²) < 4.78 is 5.81. The zero-order valence-electron chi connectivity index (χ0n) is 17.9. The van der Waals surface area contributed by atoms with Crippen molar-refractivity contribution in [2.24, 2.45) is 0 Å². The maximum absolute atomic E-state index is 13.1. The van der Waals surface area contributed by atoms with Crippen molar-refractivity contribution in [1.29, 1.82) is 0 Å². The number of rotatable bonds is 7. The highest BCUT2D eigenvalue weighted by atomic mass is 35.5. The van der Waals surface area contributed by atoms with E-state index in [2.05, 4.69) is 15.7 Å². The first-order chi connectivity index (χ1) is 15.5. The minimum absolute atomic E-state index is 0.161. The number of nitrogens with zero attached hydrogens (tertiary/aromatic N) is 1. The predicted octanol–water partition coefficient (Wildman–Crippen LogP) is 6.95. The first kappa shape index (κ1) is 22.1. The Morgan fingerprint density at radius 1 is 1.03 bits per heavy atom. The van der Waals surface area contributed by atoms with Gasteiger partial charge in [0.2, 0.25) is 0 Å². The molecule has 0 aliphatic heterocycles. The fourth-order valence-electron chi connectivity index (χ4n) is 3.36. The maximum Gasteiger partial charge on any atom is 0.256 e. The molecule has 0 bridgehead atoms. The van der Waals surface area contributed by atoms with Gasteiger partial charge in [0, 0.05) is 28.1 Å². The molecule has 6 heteroatoms. The molecule has 0 radical (unpaired) electrons. The summed E-state index contributed by atoms with van der Waals surface area (Å²) in [6.45, 7) is 4.53. The van der Waals surface area contributed by atoms with E-state index in [9.17, 15) is 4.79 Å². The largest absolute Gasteiger partial charge is 0.493 e. The molecule has 1 N–H and O–H groups in total. The van der Waals surface area contributed by atoms with Gasteiger partial charge in [-0.3, -0.25) is 4.79 Å². The van der Waals surface area contributed by atoms with Crippen LogP contribution < -0.4 is 10.1 Å². The molecule has 4 rings (SSSR count). The number of amides is 1. The molecule has 1 heterocycles. The van der Waals surface area contributed by atoms with Gasteiger partial charge < -0.3 is 10.1 Å². The lowest BCUT2D eigenvalue weighted by Crippen LogP contribution is -2.13. The van der Waals surface area contributed by atoms with Gasteiger partial charge in [0.05, 0.1) is 17.3 Å². The summed E-state index contributed by atoms with van der Waals surface area (Å²) in [6, 6.07) is 20.8. The Balaban J connectivity index is 1.42. The molecule has 162 valence electrons. The summed E-state index contributed by atoms with van der Waals surface area (Å²) in [7, 11) is 0. The number of benzene rings is 3. The molecule has 0 saturated carbocycles. The van der Waals surface area contributed by atoms with E-state index in [1.165, 1.54) is 0 Å². The quantitative estimate of drug-likeness (QED) is 0.323. The number of carbonyl (C=O) groups is 1. The molecule has 3 aromatic carbocycles. The second-order valence-electron chi connectivity index (χ2n) is 7.49. The summed E-state index contributed by atoms with van der Waals surface area (Å²) in [6.07, 6.45) is 0.768. The molecular weight excluding hydrogens is 440 g/mol. The van der Waals surface area contributed by atoms with Crippen LogP contribution in [0.5, 0.6) is 5.75 Å². The summed E-state index contributed by atoms with van der Waals surface area (Å²) in [5, 5.41) is 6.77. The van der Waals surface area contributed by atoms with Crippen molar-refractivity contribution in [3.8, 4) is 16.9 Å². The molecule has 0 atom stereocenters. The van der Waals surface area contributed by atoms with Crippen LogP contribution >= 0.6 is 22.9 Å². The number of hydrogen-bond donors (Lipinski definition) is 1. The Morgan fingerprint density at radius 3 is 2.47 bits per heavy atom. The molecule has 1 aromatic heterocycles. The number of hydrogen-bond acceptors (Lipinski definition) is 4.